The first-order valence-corrected chi connectivity index (χ1v) is 5.49. The minimum absolute atomic E-state index is 0.0820. The molecule has 0 fully saturated rings. The van der Waals surface area contributed by atoms with Gasteiger partial charge in [-0.15, -0.1) is 0 Å². The van der Waals surface area contributed by atoms with Crippen LogP contribution in [0.3, 0.4) is 0 Å². The fourth-order valence-electron chi connectivity index (χ4n) is 0.940. The number of hydrogen-bond donors (Lipinski definition) is 1. The Bertz CT molecular complexity index is 110. The van der Waals surface area contributed by atoms with Crippen LogP contribution in [-0.2, 0) is 0 Å². The first-order chi connectivity index (χ1) is 5.31. The fraction of sp³-hybridized carbons (Fsp3) is 0.778. The summed E-state index contributed by atoms with van der Waals surface area (Å²) >= 11 is 0. The molecule has 0 rings (SSSR count). The zero-order valence-corrected chi connectivity index (χ0v) is 8.56. The third kappa shape index (κ3) is 7.82. The van der Waals surface area contributed by atoms with Crippen molar-refractivity contribution in [2.24, 2.45) is 0 Å². The van der Waals surface area contributed by atoms with Gasteiger partial charge in [-0.05, 0) is 25.8 Å². The second-order valence-corrected chi connectivity index (χ2v) is 3.55. The summed E-state index contributed by atoms with van der Waals surface area (Å²) in [6, 6.07) is 0.867. The van der Waals surface area contributed by atoms with Crippen LogP contribution in [0.4, 0.5) is 0 Å². The SMILES string of the molecule is CCCCC/C=C(/C)C[Si]O. The standard InChI is InChI=1S/C9H18OSi/c1-3-4-5-6-7-9(2)8-11-10/h7,10H,3-6,8H2,1-2H3/b9-7-. The summed E-state index contributed by atoms with van der Waals surface area (Å²) in [6.07, 6.45) is 7.34. The van der Waals surface area contributed by atoms with Crippen molar-refractivity contribution in [3.8, 4) is 0 Å². The molecule has 0 saturated heterocycles. The maximum Gasteiger partial charge on any atom is 0.228 e. The molecule has 0 atom stereocenters. The fourth-order valence-corrected chi connectivity index (χ4v) is 1.33. The molecule has 0 aromatic carbocycles. The first-order valence-electron chi connectivity index (χ1n) is 4.33. The third-order valence-corrected chi connectivity index (χ3v) is 2.37. The van der Waals surface area contributed by atoms with Gasteiger partial charge < -0.3 is 4.80 Å². The molecule has 1 N–H and O–H groups in total. The molecule has 0 aromatic heterocycles. The molecule has 0 unspecified atom stereocenters. The molecule has 0 aliphatic carbocycles. The molecule has 2 heteroatoms. The maximum absolute atomic E-state index is 8.63. The molecule has 2 radical (unpaired) electrons. The third-order valence-electron chi connectivity index (χ3n) is 1.66. The Morgan fingerprint density at radius 1 is 1.45 bits per heavy atom. The van der Waals surface area contributed by atoms with E-state index in [4.69, 9.17) is 4.80 Å². The molecular formula is C9H18OSi. The number of rotatable bonds is 6. The molecule has 1 nitrogen and oxygen atoms in total. The molecule has 0 aliphatic heterocycles. The van der Waals surface area contributed by atoms with Crippen molar-refractivity contribution in [3.63, 3.8) is 0 Å². The van der Waals surface area contributed by atoms with Gasteiger partial charge in [-0.3, -0.25) is 0 Å². The highest BCUT2D eigenvalue weighted by Gasteiger charge is 1.89. The van der Waals surface area contributed by atoms with Crippen LogP contribution in [-0.4, -0.2) is 14.6 Å². The van der Waals surface area contributed by atoms with Gasteiger partial charge in [-0.2, -0.15) is 0 Å². The van der Waals surface area contributed by atoms with Gasteiger partial charge in [0, 0.05) is 0 Å². The van der Waals surface area contributed by atoms with Crippen LogP contribution in [0.2, 0.25) is 6.04 Å². The monoisotopic (exact) mass is 170 g/mol. The lowest BCUT2D eigenvalue weighted by atomic mass is 10.1. The second-order valence-electron chi connectivity index (χ2n) is 2.88. The van der Waals surface area contributed by atoms with Crippen LogP contribution in [0.15, 0.2) is 11.6 Å². The van der Waals surface area contributed by atoms with E-state index in [-0.39, 0.29) is 9.76 Å². The van der Waals surface area contributed by atoms with Crippen molar-refractivity contribution in [3.05, 3.63) is 11.6 Å². The van der Waals surface area contributed by atoms with Crippen molar-refractivity contribution >= 4 is 9.76 Å². The zero-order chi connectivity index (χ0) is 8.53. The summed E-state index contributed by atoms with van der Waals surface area (Å²) in [6.45, 7) is 4.31. The van der Waals surface area contributed by atoms with Crippen molar-refractivity contribution in [1.29, 1.82) is 0 Å². The van der Waals surface area contributed by atoms with Crippen LogP contribution >= 0.6 is 0 Å². The normalized spacial score (nSPS) is 12.1. The minimum Gasteiger partial charge on any atom is -0.431 e. The molecule has 0 heterocycles. The highest BCUT2D eigenvalue weighted by Crippen LogP contribution is 2.05. The van der Waals surface area contributed by atoms with Crippen molar-refractivity contribution in [2.45, 2.75) is 45.6 Å². The predicted molar refractivity (Wildman–Crippen MR) is 50.7 cm³/mol. The zero-order valence-electron chi connectivity index (χ0n) is 7.56. The van der Waals surface area contributed by atoms with E-state index >= 15 is 0 Å². The van der Waals surface area contributed by atoms with Gasteiger partial charge in [-0.25, -0.2) is 0 Å². The molecule has 0 aromatic rings. The van der Waals surface area contributed by atoms with E-state index < -0.39 is 0 Å². The molecule has 11 heavy (non-hydrogen) atoms. The summed E-state index contributed by atoms with van der Waals surface area (Å²) in [7, 11) is 0.0820. The van der Waals surface area contributed by atoms with Crippen molar-refractivity contribution < 1.29 is 4.80 Å². The summed E-state index contributed by atoms with van der Waals surface area (Å²) in [4.78, 5) is 8.63. The number of unbranched alkanes of at least 4 members (excludes halogenated alkanes) is 3. The smallest absolute Gasteiger partial charge is 0.228 e. The van der Waals surface area contributed by atoms with Gasteiger partial charge in [0.05, 0.1) is 0 Å². The quantitative estimate of drug-likeness (QED) is 0.369. The predicted octanol–water partition coefficient (Wildman–Crippen LogP) is 2.54. The van der Waals surface area contributed by atoms with Crippen LogP contribution < -0.4 is 0 Å². The van der Waals surface area contributed by atoms with E-state index in [1.54, 1.807) is 0 Å². The maximum atomic E-state index is 8.63. The van der Waals surface area contributed by atoms with Gasteiger partial charge in [0.15, 0.2) is 0 Å². The van der Waals surface area contributed by atoms with E-state index in [2.05, 4.69) is 19.9 Å². The minimum atomic E-state index is 0.0820. The van der Waals surface area contributed by atoms with E-state index in [1.165, 1.54) is 31.3 Å². The first kappa shape index (κ1) is 10.9. The lowest BCUT2D eigenvalue weighted by Gasteiger charge is -1.96. The molecule has 0 aliphatic rings. The highest BCUT2D eigenvalue weighted by molar-refractivity contribution is 6.26. The van der Waals surface area contributed by atoms with Crippen LogP contribution in [0.25, 0.3) is 0 Å². The van der Waals surface area contributed by atoms with Crippen molar-refractivity contribution in [1.82, 2.24) is 0 Å². The number of allylic oxidation sites excluding steroid dienone is 2. The Labute approximate surface area is 72.5 Å². The Kier molecular flexibility index (Phi) is 7.96. The lowest BCUT2D eigenvalue weighted by molar-refractivity contribution is 0.603. The van der Waals surface area contributed by atoms with Gasteiger partial charge in [0.25, 0.3) is 0 Å². The van der Waals surface area contributed by atoms with Gasteiger partial charge in [-0.1, -0.05) is 31.4 Å². The molecule has 0 amide bonds. The van der Waals surface area contributed by atoms with Crippen LogP contribution in [0.1, 0.15) is 39.5 Å². The number of hydrogen-bond acceptors (Lipinski definition) is 1. The summed E-state index contributed by atoms with van der Waals surface area (Å²) in [5, 5.41) is 0. The van der Waals surface area contributed by atoms with E-state index in [0.717, 1.165) is 6.04 Å². The van der Waals surface area contributed by atoms with E-state index in [1.807, 2.05) is 0 Å². The van der Waals surface area contributed by atoms with E-state index in [0.29, 0.717) is 0 Å². The Balaban J connectivity index is 3.24. The topological polar surface area (TPSA) is 20.2 Å². The van der Waals surface area contributed by atoms with E-state index in [9.17, 15) is 0 Å². The molecule has 0 saturated carbocycles. The molecule has 64 valence electrons. The Morgan fingerprint density at radius 3 is 2.73 bits per heavy atom. The average molecular weight is 170 g/mol. The largest absolute Gasteiger partial charge is 0.431 e. The molecule has 0 spiro atoms. The van der Waals surface area contributed by atoms with Gasteiger partial charge in [0.2, 0.25) is 9.76 Å². The van der Waals surface area contributed by atoms with Crippen LogP contribution in [0, 0.1) is 0 Å². The Morgan fingerprint density at radius 2 is 2.18 bits per heavy atom. The van der Waals surface area contributed by atoms with Gasteiger partial charge in [0.1, 0.15) is 0 Å². The van der Waals surface area contributed by atoms with Gasteiger partial charge >= 0.3 is 0 Å². The summed E-state index contributed by atoms with van der Waals surface area (Å²) in [5.74, 6) is 0. The molecular weight excluding hydrogens is 152 g/mol. The Hall–Kier alpha value is -0.0831. The lowest BCUT2D eigenvalue weighted by Crippen LogP contribution is -1.86. The summed E-state index contributed by atoms with van der Waals surface area (Å²) < 4.78 is 0. The van der Waals surface area contributed by atoms with Crippen LogP contribution in [0.5, 0.6) is 0 Å². The highest BCUT2D eigenvalue weighted by atomic mass is 28.2. The van der Waals surface area contributed by atoms with Crippen molar-refractivity contribution in [2.75, 3.05) is 0 Å². The summed E-state index contributed by atoms with van der Waals surface area (Å²) in [5.41, 5.74) is 1.34. The molecule has 0 bridgehead atoms. The average Bonchev–Trinajstić information content (AvgIpc) is 1.99. The second kappa shape index (κ2) is 8.02.